The number of halogens is 2. The molecule has 24 heavy (non-hydrogen) atoms. The first-order valence-corrected chi connectivity index (χ1v) is 6.90. The van der Waals surface area contributed by atoms with Gasteiger partial charge in [-0.1, -0.05) is 0 Å². The molecule has 1 aromatic heterocycles. The lowest BCUT2D eigenvalue weighted by molar-refractivity contribution is 0.0593. The number of methoxy groups -OCH3 is 1. The number of nitrogen functional groups attached to an aromatic ring is 1. The summed E-state index contributed by atoms with van der Waals surface area (Å²) < 4.78 is 35.5. The summed E-state index contributed by atoms with van der Waals surface area (Å²) in [7, 11) is 1.21. The SMILES string of the molecule is COC(=O)c1c(N)c(C#N)cn1-c1ccc(OCC(F)F)cc1C. The number of aromatic nitrogens is 1. The molecule has 1 aromatic carbocycles. The van der Waals surface area contributed by atoms with Crippen molar-refractivity contribution in [2.45, 2.75) is 13.3 Å². The molecule has 8 heteroatoms. The zero-order chi connectivity index (χ0) is 17.9. The van der Waals surface area contributed by atoms with Gasteiger partial charge >= 0.3 is 5.97 Å². The first kappa shape index (κ1) is 17.3. The zero-order valence-electron chi connectivity index (χ0n) is 13.0. The second-order valence-electron chi connectivity index (χ2n) is 4.93. The quantitative estimate of drug-likeness (QED) is 0.848. The van der Waals surface area contributed by atoms with E-state index in [1.54, 1.807) is 19.1 Å². The van der Waals surface area contributed by atoms with E-state index in [4.69, 9.17) is 20.5 Å². The van der Waals surface area contributed by atoms with Crippen molar-refractivity contribution in [2.24, 2.45) is 0 Å². The van der Waals surface area contributed by atoms with E-state index in [1.807, 2.05) is 6.07 Å². The summed E-state index contributed by atoms with van der Waals surface area (Å²) in [6, 6.07) is 6.54. The van der Waals surface area contributed by atoms with Gasteiger partial charge in [0.05, 0.1) is 18.4 Å². The standard InChI is InChI=1S/C16H15F2N3O3/c1-9-5-11(24-8-13(17)18)3-4-12(9)21-7-10(6-19)14(20)15(21)16(22)23-2/h3-5,7,13H,8,20H2,1-2H3. The van der Waals surface area contributed by atoms with Crippen LogP contribution < -0.4 is 10.5 Å². The smallest absolute Gasteiger partial charge is 0.357 e. The molecule has 1 heterocycles. The van der Waals surface area contributed by atoms with Crippen molar-refractivity contribution < 1.29 is 23.0 Å². The monoisotopic (exact) mass is 335 g/mol. The Balaban J connectivity index is 2.49. The molecule has 0 saturated heterocycles. The van der Waals surface area contributed by atoms with Gasteiger partial charge in [0.25, 0.3) is 6.43 Å². The Morgan fingerprint density at radius 2 is 2.17 bits per heavy atom. The Hall–Kier alpha value is -3.08. The molecule has 0 atom stereocenters. The largest absolute Gasteiger partial charge is 0.488 e. The predicted molar refractivity (Wildman–Crippen MR) is 82.5 cm³/mol. The highest BCUT2D eigenvalue weighted by Crippen LogP contribution is 2.28. The van der Waals surface area contributed by atoms with E-state index < -0.39 is 19.0 Å². The molecule has 0 unspecified atom stereocenters. The molecule has 0 aliphatic heterocycles. The van der Waals surface area contributed by atoms with Gasteiger partial charge in [-0.3, -0.25) is 0 Å². The molecular weight excluding hydrogens is 320 g/mol. The van der Waals surface area contributed by atoms with E-state index in [-0.39, 0.29) is 22.7 Å². The van der Waals surface area contributed by atoms with Crippen molar-refractivity contribution in [1.29, 1.82) is 5.26 Å². The minimum absolute atomic E-state index is 0.0155. The number of aryl methyl sites for hydroxylation is 1. The molecule has 2 rings (SSSR count). The summed E-state index contributed by atoms with van der Waals surface area (Å²) in [6.07, 6.45) is -1.15. The van der Waals surface area contributed by atoms with Crippen molar-refractivity contribution in [3.63, 3.8) is 0 Å². The molecule has 2 N–H and O–H groups in total. The van der Waals surface area contributed by atoms with Crippen LogP contribution in [-0.2, 0) is 4.74 Å². The highest BCUT2D eigenvalue weighted by atomic mass is 19.3. The molecule has 6 nitrogen and oxygen atoms in total. The van der Waals surface area contributed by atoms with E-state index in [0.29, 0.717) is 11.3 Å². The summed E-state index contributed by atoms with van der Waals surface area (Å²) in [4.78, 5) is 12.0. The van der Waals surface area contributed by atoms with Gasteiger partial charge in [0, 0.05) is 11.9 Å². The van der Waals surface area contributed by atoms with Crippen LogP contribution in [0.1, 0.15) is 21.6 Å². The predicted octanol–water partition coefficient (Wildman–Crippen LogP) is 2.67. The second kappa shape index (κ2) is 7.00. The van der Waals surface area contributed by atoms with Crippen LogP contribution >= 0.6 is 0 Å². The number of esters is 1. The van der Waals surface area contributed by atoms with Gasteiger partial charge in [0.2, 0.25) is 0 Å². The van der Waals surface area contributed by atoms with Crippen molar-refractivity contribution in [2.75, 3.05) is 19.5 Å². The molecule has 0 bridgehead atoms. The Labute approximate surface area is 137 Å². The first-order chi connectivity index (χ1) is 11.4. The third-order valence-electron chi connectivity index (χ3n) is 3.35. The minimum Gasteiger partial charge on any atom is -0.488 e. The van der Waals surface area contributed by atoms with E-state index in [1.165, 1.54) is 23.9 Å². The summed E-state index contributed by atoms with van der Waals surface area (Å²) >= 11 is 0. The topological polar surface area (TPSA) is 90.3 Å². The Morgan fingerprint density at radius 1 is 1.46 bits per heavy atom. The molecule has 0 saturated carbocycles. The molecular formula is C16H15F2N3O3. The minimum atomic E-state index is -2.57. The third kappa shape index (κ3) is 3.30. The number of nitrogens with zero attached hydrogens (tertiary/aromatic N) is 2. The number of benzene rings is 1. The number of hydrogen-bond acceptors (Lipinski definition) is 5. The summed E-state index contributed by atoms with van der Waals surface area (Å²) in [5, 5.41) is 9.11. The molecule has 0 spiro atoms. The van der Waals surface area contributed by atoms with Crippen LogP contribution in [0.5, 0.6) is 5.75 Å². The normalized spacial score (nSPS) is 10.5. The van der Waals surface area contributed by atoms with Crippen molar-refractivity contribution in [3.8, 4) is 17.5 Å². The van der Waals surface area contributed by atoms with Crippen molar-refractivity contribution >= 4 is 11.7 Å². The third-order valence-corrected chi connectivity index (χ3v) is 3.35. The fourth-order valence-electron chi connectivity index (χ4n) is 2.25. The summed E-state index contributed by atoms with van der Waals surface area (Å²) in [6.45, 7) is 1.01. The van der Waals surface area contributed by atoms with Crippen LogP contribution in [0, 0.1) is 18.3 Å². The summed E-state index contributed by atoms with van der Waals surface area (Å²) in [5.74, 6) is -0.414. The van der Waals surface area contributed by atoms with Gasteiger partial charge in [0.1, 0.15) is 18.4 Å². The van der Waals surface area contributed by atoms with E-state index in [0.717, 1.165) is 0 Å². The number of carbonyl (C=O) groups excluding carboxylic acids is 1. The maximum atomic E-state index is 12.2. The van der Waals surface area contributed by atoms with Crippen LogP contribution in [0.4, 0.5) is 14.5 Å². The molecule has 0 amide bonds. The maximum Gasteiger partial charge on any atom is 0.357 e. The van der Waals surface area contributed by atoms with Crippen LogP contribution in [-0.4, -0.2) is 30.7 Å². The second-order valence-corrected chi connectivity index (χ2v) is 4.93. The lowest BCUT2D eigenvalue weighted by atomic mass is 10.2. The molecule has 0 fully saturated rings. The number of rotatable bonds is 5. The first-order valence-electron chi connectivity index (χ1n) is 6.90. The van der Waals surface area contributed by atoms with E-state index in [2.05, 4.69) is 0 Å². The number of anilines is 1. The lowest BCUT2D eigenvalue weighted by Crippen LogP contribution is -2.12. The van der Waals surface area contributed by atoms with Crippen LogP contribution in [0.3, 0.4) is 0 Å². The number of nitrogens with two attached hydrogens (primary N) is 1. The number of nitriles is 1. The molecule has 0 aliphatic carbocycles. The highest BCUT2D eigenvalue weighted by molar-refractivity contribution is 5.96. The fourth-order valence-corrected chi connectivity index (χ4v) is 2.25. The Morgan fingerprint density at radius 3 is 2.71 bits per heavy atom. The van der Waals surface area contributed by atoms with E-state index >= 15 is 0 Å². The average molecular weight is 335 g/mol. The van der Waals surface area contributed by atoms with Gasteiger partial charge in [-0.05, 0) is 30.7 Å². The van der Waals surface area contributed by atoms with Gasteiger partial charge in [0.15, 0.2) is 5.69 Å². The molecule has 2 aromatic rings. The highest BCUT2D eigenvalue weighted by Gasteiger charge is 2.22. The maximum absolute atomic E-state index is 12.2. The molecule has 0 aliphatic rings. The van der Waals surface area contributed by atoms with Crippen LogP contribution in [0.25, 0.3) is 5.69 Å². The Kier molecular flexibility index (Phi) is 5.04. The number of alkyl halides is 2. The van der Waals surface area contributed by atoms with Gasteiger partial charge in [-0.2, -0.15) is 5.26 Å². The summed E-state index contributed by atoms with van der Waals surface area (Å²) in [5.41, 5.74) is 7.21. The van der Waals surface area contributed by atoms with Crippen LogP contribution in [0.15, 0.2) is 24.4 Å². The van der Waals surface area contributed by atoms with E-state index in [9.17, 15) is 13.6 Å². The van der Waals surface area contributed by atoms with Crippen molar-refractivity contribution in [1.82, 2.24) is 4.57 Å². The van der Waals surface area contributed by atoms with Crippen molar-refractivity contribution in [3.05, 3.63) is 41.2 Å². The Bertz CT molecular complexity index is 810. The number of ether oxygens (including phenoxy) is 2. The molecule has 0 radical (unpaired) electrons. The zero-order valence-corrected chi connectivity index (χ0v) is 13.0. The van der Waals surface area contributed by atoms with Crippen LogP contribution in [0.2, 0.25) is 0 Å². The number of carbonyl (C=O) groups is 1. The fraction of sp³-hybridized carbons (Fsp3) is 0.250. The van der Waals surface area contributed by atoms with Gasteiger partial charge < -0.3 is 19.8 Å². The van der Waals surface area contributed by atoms with Gasteiger partial charge in [-0.25, -0.2) is 13.6 Å². The molecule has 126 valence electrons. The number of hydrogen-bond donors (Lipinski definition) is 1. The average Bonchev–Trinajstić information content (AvgIpc) is 2.88. The lowest BCUT2D eigenvalue weighted by Gasteiger charge is -2.13. The van der Waals surface area contributed by atoms with Gasteiger partial charge in [-0.15, -0.1) is 0 Å².